The van der Waals surface area contributed by atoms with Crippen molar-refractivity contribution in [1.29, 1.82) is 0 Å². The second kappa shape index (κ2) is 10.8. The van der Waals surface area contributed by atoms with Crippen molar-refractivity contribution in [3.8, 4) is 0 Å². The fraction of sp³-hybridized carbons (Fsp3) is 0.286. The molecule has 0 fully saturated rings. The van der Waals surface area contributed by atoms with Crippen LogP contribution in [0.25, 0.3) is 0 Å². The molecular weight excluding hydrogens is 360 g/mol. The van der Waals surface area contributed by atoms with E-state index in [1.807, 2.05) is 36.4 Å². The van der Waals surface area contributed by atoms with Crippen LogP contribution in [0.5, 0.6) is 0 Å². The fourth-order valence-electron chi connectivity index (χ4n) is 2.82. The van der Waals surface area contributed by atoms with E-state index < -0.39 is 23.9 Å². The van der Waals surface area contributed by atoms with Crippen LogP contribution in [-0.4, -0.2) is 47.2 Å². The monoisotopic (exact) mass is 384 g/mol. The molecule has 0 spiro atoms. The molecule has 28 heavy (non-hydrogen) atoms. The third-order valence-electron chi connectivity index (χ3n) is 4.31. The standard InChI is InChI=1S/C21H24N2O5/c24-19(25)11-12-22-20(26)18(13-15-7-3-1-4-8-15)23-14-17(21(27)28)16-9-5-2-6-10-16/h1-10,17-18,23H,11-14H2,(H,22,26)(H,24,25)(H,27,28)/t17-,18-/m0/s1. The van der Waals surface area contributed by atoms with E-state index in [0.29, 0.717) is 12.0 Å². The molecule has 0 aliphatic carbocycles. The van der Waals surface area contributed by atoms with Crippen LogP contribution in [0.15, 0.2) is 60.7 Å². The lowest BCUT2D eigenvalue weighted by atomic mass is 9.98. The molecule has 0 saturated heterocycles. The SMILES string of the molecule is O=C(O)CCNC(=O)[C@H](Cc1ccccc1)NC[C@H](C(=O)O)c1ccccc1. The van der Waals surface area contributed by atoms with E-state index in [4.69, 9.17) is 5.11 Å². The normalized spacial score (nSPS) is 12.7. The lowest BCUT2D eigenvalue weighted by Crippen LogP contribution is -2.47. The number of amides is 1. The van der Waals surface area contributed by atoms with E-state index in [1.54, 1.807) is 24.3 Å². The largest absolute Gasteiger partial charge is 0.481 e. The van der Waals surface area contributed by atoms with Crippen LogP contribution in [0.1, 0.15) is 23.5 Å². The Labute approximate surface area is 163 Å². The Morgan fingerprint density at radius 3 is 2.07 bits per heavy atom. The third kappa shape index (κ3) is 6.85. The summed E-state index contributed by atoms with van der Waals surface area (Å²) in [6.45, 7) is 0.0887. The van der Waals surface area contributed by atoms with Gasteiger partial charge in [0.1, 0.15) is 0 Å². The number of aliphatic carboxylic acids is 2. The summed E-state index contributed by atoms with van der Waals surface area (Å²) in [4.78, 5) is 34.9. The number of benzene rings is 2. The third-order valence-corrected chi connectivity index (χ3v) is 4.31. The number of carboxylic acid groups (broad SMARTS) is 2. The summed E-state index contributed by atoms with van der Waals surface area (Å²) in [5.41, 5.74) is 1.56. The molecule has 2 aromatic carbocycles. The van der Waals surface area contributed by atoms with Crippen LogP contribution in [0.3, 0.4) is 0 Å². The molecule has 0 aromatic heterocycles. The first-order chi connectivity index (χ1) is 13.5. The summed E-state index contributed by atoms with van der Waals surface area (Å²) in [6, 6.07) is 17.5. The van der Waals surface area contributed by atoms with Gasteiger partial charge in [-0.1, -0.05) is 60.7 Å². The van der Waals surface area contributed by atoms with Gasteiger partial charge in [-0.3, -0.25) is 14.4 Å². The van der Waals surface area contributed by atoms with Crippen molar-refractivity contribution >= 4 is 17.8 Å². The van der Waals surface area contributed by atoms with E-state index in [-0.39, 0.29) is 25.4 Å². The Bertz CT molecular complexity index is 780. The predicted octanol–water partition coefficient (Wildman–Crippen LogP) is 1.65. The van der Waals surface area contributed by atoms with Crippen molar-refractivity contribution in [2.24, 2.45) is 0 Å². The maximum absolute atomic E-state index is 12.5. The average molecular weight is 384 g/mol. The summed E-state index contributed by atoms with van der Waals surface area (Å²) < 4.78 is 0. The lowest BCUT2D eigenvalue weighted by molar-refractivity contribution is -0.139. The molecule has 0 radical (unpaired) electrons. The summed E-state index contributed by atoms with van der Waals surface area (Å²) in [5.74, 6) is -3.14. The van der Waals surface area contributed by atoms with Gasteiger partial charge in [0.2, 0.25) is 5.91 Å². The molecule has 2 rings (SSSR count). The van der Waals surface area contributed by atoms with Crippen molar-refractivity contribution in [3.63, 3.8) is 0 Å². The molecule has 7 heteroatoms. The molecule has 0 aliphatic rings. The van der Waals surface area contributed by atoms with Crippen LogP contribution >= 0.6 is 0 Å². The highest BCUT2D eigenvalue weighted by atomic mass is 16.4. The first-order valence-corrected chi connectivity index (χ1v) is 9.02. The molecule has 4 N–H and O–H groups in total. The van der Waals surface area contributed by atoms with Crippen molar-refractivity contribution in [1.82, 2.24) is 10.6 Å². The topological polar surface area (TPSA) is 116 Å². The van der Waals surface area contributed by atoms with Gasteiger partial charge in [0.05, 0.1) is 18.4 Å². The first kappa shape index (κ1) is 21.1. The Hall–Kier alpha value is -3.19. The summed E-state index contributed by atoms with van der Waals surface area (Å²) >= 11 is 0. The van der Waals surface area contributed by atoms with Gasteiger partial charge < -0.3 is 20.8 Å². The van der Waals surface area contributed by atoms with Gasteiger partial charge in [0.15, 0.2) is 0 Å². The minimum atomic E-state index is -0.997. The number of carbonyl (C=O) groups excluding carboxylic acids is 1. The molecule has 0 bridgehead atoms. The molecule has 2 aromatic rings. The first-order valence-electron chi connectivity index (χ1n) is 9.02. The van der Waals surface area contributed by atoms with Gasteiger partial charge in [-0.05, 0) is 17.5 Å². The zero-order chi connectivity index (χ0) is 20.4. The van der Waals surface area contributed by atoms with E-state index in [1.165, 1.54) is 0 Å². The van der Waals surface area contributed by atoms with Crippen LogP contribution < -0.4 is 10.6 Å². The minimum Gasteiger partial charge on any atom is -0.481 e. The van der Waals surface area contributed by atoms with Crippen LogP contribution in [0.4, 0.5) is 0 Å². The number of nitrogens with one attached hydrogen (secondary N) is 2. The number of hydrogen-bond donors (Lipinski definition) is 4. The van der Waals surface area contributed by atoms with Gasteiger partial charge in [0.25, 0.3) is 0 Å². The van der Waals surface area contributed by atoms with Crippen LogP contribution in [0.2, 0.25) is 0 Å². The highest BCUT2D eigenvalue weighted by Crippen LogP contribution is 2.15. The number of carboxylic acids is 2. The molecule has 0 unspecified atom stereocenters. The summed E-state index contributed by atoms with van der Waals surface area (Å²) in [5, 5.41) is 23.9. The van der Waals surface area contributed by atoms with Crippen LogP contribution in [0, 0.1) is 0 Å². The highest BCUT2D eigenvalue weighted by Gasteiger charge is 2.24. The van der Waals surface area contributed by atoms with Crippen molar-refractivity contribution in [2.45, 2.75) is 24.8 Å². The van der Waals surface area contributed by atoms with Gasteiger partial charge in [-0.25, -0.2) is 0 Å². The van der Waals surface area contributed by atoms with Gasteiger partial charge in [0, 0.05) is 13.1 Å². The van der Waals surface area contributed by atoms with E-state index in [9.17, 15) is 19.5 Å². The van der Waals surface area contributed by atoms with Crippen molar-refractivity contribution in [3.05, 3.63) is 71.8 Å². The Kier molecular flexibility index (Phi) is 8.17. The lowest BCUT2D eigenvalue weighted by Gasteiger charge is -2.21. The van der Waals surface area contributed by atoms with E-state index in [0.717, 1.165) is 5.56 Å². The Morgan fingerprint density at radius 2 is 1.50 bits per heavy atom. The number of rotatable bonds is 11. The molecule has 7 nitrogen and oxygen atoms in total. The zero-order valence-electron chi connectivity index (χ0n) is 15.4. The van der Waals surface area contributed by atoms with Crippen LogP contribution in [-0.2, 0) is 20.8 Å². The number of hydrogen-bond acceptors (Lipinski definition) is 4. The molecule has 0 heterocycles. The smallest absolute Gasteiger partial charge is 0.312 e. The van der Waals surface area contributed by atoms with Gasteiger partial charge in [-0.2, -0.15) is 0 Å². The van der Waals surface area contributed by atoms with E-state index in [2.05, 4.69) is 10.6 Å². The number of carbonyl (C=O) groups is 3. The minimum absolute atomic E-state index is 0.0161. The summed E-state index contributed by atoms with van der Waals surface area (Å²) in [6.07, 6.45) is 0.187. The molecular formula is C21H24N2O5. The zero-order valence-corrected chi connectivity index (χ0v) is 15.4. The fourth-order valence-corrected chi connectivity index (χ4v) is 2.82. The predicted molar refractivity (Wildman–Crippen MR) is 104 cm³/mol. The quantitative estimate of drug-likeness (QED) is 0.468. The molecule has 148 valence electrons. The molecule has 2 atom stereocenters. The highest BCUT2D eigenvalue weighted by molar-refractivity contribution is 5.83. The molecule has 0 saturated carbocycles. The van der Waals surface area contributed by atoms with Crippen molar-refractivity contribution in [2.75, 3.05) is 13.1 Å². The Balaban J connectivity index is 2.07. The Morgan fingerprint density at radius 1 is 0.893 bits per heavy atom. The maximum Gasteiger partial charge on any atom is 0.312 e. The molecule has 0 aliphatic heterocycles. The second-order valence-corrected chi connectivity index (χ2v) is 6.39. The maximum atomic E-state index is 12.5. The molecule has 1 amide bonds. The average Bonchev–Trinajstić information content (AvgIpc) is 2.68. The summed E-state index contributed by atoms with van der Waals surface area (Å²) in [7, 11) is 0. The second-order valence-electron chi connectivity index (χ2n) is 6.39. The van der Waals surface area contributed by atoms with Gasteiger partial charge >= 0.3 is 11.9 Å². The van der Waals surface area contributed by atoms with Crippen molar-refractivity contribution < 1.29 is 24.6 Å². The van der Waals surface area contributed by atoms with E-state index >= 15 is 0 Å². The van der Waals surface area contributed by atoms with Gasteiger partial charge in [-0.15, -0.1) is 0 Å².